The van der Waals surface area contributed by atoms with E-state index in [1.807, 2.05) is 7.05 Å². The molecule has 1 aliphatic carbocycles. The molecule has 35 heavy (non-hydrogen) atoms. The first-order valence-corrected chi connectivity index (χ1v) is 12.1. The second-order valence-electron chi connectivity index (χ2n) is 9.58. The maximum absolute atomic E-state index is 13.0. The Kier molecular flexibility index (Phi) is 10.4. The van der Waals surface area contributed by atoms with Gasteiger partial charge in [-0.2, -0.15) is 26.3 Å². The van der Waals surface area contributed by atoms with Gasteiger partial charge in [-0.15, -0.1) is 0 Å². The number of hydrogen-bond acceptors (Lipinski definition) is 3. The Hall–Kier alpha value is -1.81. The number of carbonyl (C=O) groups excluding carboxylic acids is 1. The molecule has 0 aromatic heterocycles. The van der Waals surface area contributed by atoms with Crippen molar-refractivity contribution in [2.45, 2.75) is 83.9 Å². The first kappa shape index (κ1) is 29.4. The van der Waals surface area contributed by atoms with Crippen LogP contribution >= 0.6 is 0 Å². The van der Waals surface area contributed by atoms with E-state index in [4.69, 9.17) is 4.74 Å². The first-order valence-electron chi connectivity index (χ1n) is 12.1. The van der Waals surface area contributed by atoms with Crippen molar-refractivity contribution in [2.75, 3.05) is 20.3 Å². The molecule has 3 rings (SSSR count). The summed E-state index contributed by atoms with van der Waals surface area (Å²) in [7, 11) is 2.04. The van der Waals surface area contributed by atoms with E-state index in [2.05, 4.69) is 31.0 Å². The van der Waals surface area contributed by atoms with E-state index in [-0.39, 0.29) is 36.0 Å². The fraction of sp³-hybridized carbons (Fsp3) is 0.720. The molecule has 4 atom stereocenters. The monoisotopic (exact) mass is 510 g/mol. The number of alkyl halides is 6. The van der Waals surface area contributed by atoms with Gasteiger partial charge in [-0.25, -0.2) is 0 Å². The molecule has 1 heterocycles. The molecule has 1 aromatic rings. The maximum atomic E-state index is 13.0. The molecule has 2 aliphatic rings. The number of hydrogen-bond donors (Lipinski definition) is 1. The summed E-state index contributed by atoms with van der Waals surface area (Å²) in [4.78, 5) is 14.9. The zero-order valence-corrected chi connectivity index (χ0v) is 20.7. The molecule has 1 saturated heterocycles. The second-order valence-corrected chi connectivity index (χ2v) is 9.58. The van der Waals surface area contributed by atoms with Gasteiger partial charge >= 0.3 is 12.4 Å². The number of benzene rings is 1. The van der Waals surface area contributed by atoms with Gasteiger partial charge in [-0.05, 0) is 62.4 Å². The standard InChI is InChI=1S/C22H28F6N2O2.C3H8/c1-13-12-32-6-5-19(13)30(2)18-4-3-15(9-18)20(31)29-11-14-7-16(21(23,24)25)10-17(8-14)22(26,27)28;1-3-2/h7-8,10,13,15,18-19H,3-6,9,11-12H2,1-2H3,(H,29,31);3H2,1-2H3/t13?,15-,18?,19?;/m0./s1. The molecule has 0 spiro atoms. The number of amides is 1. The Morgan fingerprint density at radius 3 is 2.11 bits per heavy atom. The van der Waals surface area contributed by atoms with Crippen LogP contribution in [0.4, 0.5) is 26.3 Å². The van der Waals surface area contributed by atoms with Crippen molar-refractivity contribution in [1.29, 1.82) is 0 Å². The van der Waals surface area contributed by atoms with Gasteiger partial charge in [0.15, 0.2) is 0 Å². The summed E-state index contributed by atoms with van der Waals surface area (Å²) >= 11 is 0. The normalized spacial score (nSPS) is 25.2. The molecule has 1 N–H and O–H groups in total. The van der Waals surface area contributed by atoms with Crippen LogP contribution in [0.2, 0.25) is 0 Å². The van der Waals surface area contributed by atoms with Crippen molar-refractivity contribution in [3.05, 3.63) is 34.9 Å². The summed E-state index contributed by atoms with van der Waals surface area (Å²) in [6.45, 7) is 7.39. The maximum Gasteiger partial charge on any atom is 0.416 e. The van der Waals surface area contributed by atoms with Gasteiger partial charge in [0.05, 0.1) is 17.7 Å². The highest BCUT2D eigenvalue weighted by Gasteiger charge is 2.38. The van der Waals surface area contributed by atoms with E-state index in [0.29, 0.717) is 50.1 Å². The number of nitrogens with zero attached hydrogens (tertiary/aromatic N) is 1. The van der Waals surface area contributed by atoms with Crippen molar-refractivity contribution >= 4 is 5.91 Å². The highest BCUT2D eigenvalue weighted by atomic mass is 19.4. The minimum Gasteiger partial charge on any atom is -0.381 e. The van der Waals surface area contributed by atoms with Crippen molar-refractivity contribution in [2.24, 2.45) is 11.8 Å². The Morgan fingerprint density at radius 1 is 1.03 bits per heavy atom. The molecule has 0 bridgehead atoms. The fourth-order valence-corrected chi connectivity index (χ4v) is 4.77. The average molecular weight is 511 g/mol. The molecule has 0 radical (unpaired) electrons. The van der Waals surface area contributed by atoms with Crippen molar-refractivity contribution in [3.63, 3.8) is 0 Å². The molecule has 1 aliphatic heterocycles. The van der Waals surface area contributed by atoms with E-state index in [1.165, 1.54) is 6.42 Å². The van der Waals surface area contributed by atoms with E-state index >= 15 is 0 Å². The molecule has 2 fully saturated rings. The summed E-state index contributed by atoms with van der Waals surface area (Å²) in [5, 5.41) is 2.53. The number of nitrogens with one attached hydrogen (secondary N) is 1. The summed E-state index contributed by atoms with van der Waals surface area (Å²) < 4.78 is 83.6. The van der Waals surface area contributed by atoms with Crippen LogP contribution in [-0.2, 0) is 28.4 Å². The van der Waals surface area contributed by atoms with Gasteiger partial charge in [0.1, 0.15) is 0 Å². The molecule has 1 aromatic carbocycles. The predicted molar refractivity (Wildman–Crippen MR) is 122 cm³/mol. The third-order valence-corrected chi connectivity index (χ3v) is 6.58. The molecule has 1 saturated carbocycles. The lowest BCUT2D eigenvalue weighted by molar-refractivity contribution is -0.143. The largest absolute Gasteiger partial charge is 0.416 e. The van der Waals surface area contributed by atoms with Crippen LogP contribution < -0.4 is 5.32 Å². The number of ether oxygens (including phenoxy) is 1. The van der Waals surface area contributed by atoms with Crippen LogP contribution in [0.15, 0.2) is 18.2 Å². The quantitative estimate of drug-likeness (QED) is 0.474. The fourth-order valence-electron chi connectivity index (χ4n) is 4.77. The lowest BCUT2D eigenvalue weighted by Crippen LogP contribution is -2.47. The van der Waals surface area contributed by atoms with E-state index in [1.54, 1.807) is 0 Å². The van der Waals surface area contributed by atoms with Gasteiger partial charge < -0.3 is 15.0 Å². The van der Waals surface area contributed by atoms with Crippen molar-refractivity contribution in [1.82, 2.24) is 10.2 Å². The lowest BCUT2D eigenvalue weighted by atomic mass is 9.94. The minimum absolute atomic E-state index is 0.0834. The summed E-state index contributed by atoms with van der Waals surface area (Å²) in [6.07, 6.45) is -5.59. The van der Waals surface area contributed by atoms with E-state index in [0.717, 1.165) is 12.8 Å². The van der Waals surface area contributed by atoms with Crippen molar-refractivity contribution in [3.8, 4) is 0 Å². The Morgan fingerprint density at radius 2 is 1.60 bits per heavy atom. The van der Waals surface area contributed by atoms with E-state index < -0.39 is 23.5 Å². The highest BCUT2D eigenvalue weighted by Crippen LogP contribution is 2.37. The molecule has 1 amide bonds. The van der Waals surface area contributed by atoms with Crippen LogP contribution in [0.25, 0.3) is 0 Å². The zero-order valence-electron chi connectivity index (χ0n) is 20.7. The number of halogens is 6. The van der Waals surface area contributed by atoms with Crippen LogP contribution in [0.5, 0.6) is 0 Å². The average Bonchev–Trinajstić information content (AvgIpc) is 3.27. The van der Waals surface area contributed by atoms with Gasteiger partial charge in [-0.1, -0.05) is 27.2 Å². The zero-order chi connectivity index (χ0) is 26.4. The molecule has 3 unspecified atom stereocenters. The van der Waals surface area contributed by atoms with Gasteiger partial charge in [-0.3, -0.25) is 4.79 Å². The summed E-state index contributed by atoms with van der Waals surface area (Å²) in [5.41, 5.74) is -3.00. The molecule has 4 nitrogen and oxygen atoms in total. The smallest absolute Gasteiger partial charge is 0.381 e. The van der Waals surface area contributed by atoms with Crippen LogP contribution in [-0.4, -0.2) is 43.2 Å². The van der Waals surface area contributed by atoms with Gasteiger partial charge in [0, 0.05) is 31.2 Å². The first-order chi connectivity index (χ1) is 16.3. The topological polar surface area (TPSA) is 41.6 Å². The van der Waals surface area contributed by atoms with Crippen LogP contribution in [0.3, 0.4) is 0 Å². The van der Waals surface area contributed by atoms with Gasteiger partial charge in [0.2, 0.25) is 5.91 Å². The molecular weight excluding hydrogens is 474 g/mol. The number of rotatable bonds is 5. The van der Waals surface area contributed by atoms with E-state index in [9.17, 15) is 31.1 Å². The predicted octanol–water partition coefficient (Wildman–Crippen LogP) is 6.28. The second kappa shape index (κ2) is 12.4. The number of carbonyl (C=O) groups is 1. The highest BCUT2D eigenvalue weighted by molar-refractivity contribution is 5.79. The molecular formula is C25H36F6N2O2. The third kappa shape index (κ3) is 8.37. The van der Waals surface area contributed by atoms with Gasteiger partial charge in [0.25, 0.3) is 0 Å². The molecule has 10 heteroatoms. The SMILES string of the molecule is CC1COCCC1N(C)C1CC[C@H](C(=O)NCc2cc(C(F)(F)F)cc(C(F)(F)F)c2)C1.CCC. The van der Waals surface area contributed by atoms with Crippen LogP contribution in [0.1, 0.15) is 69.6 Å². The van der Waals surface area contributed by atoms with Crippen LogP contribution in [0, 0.1) is 11.8 Å². The lowest BCUT2D eigenvalue weighted by Gasteiger charge is -2.39. The Labute approximate surface area is 203 Å². The summed E-state index contributed by atoms with van der Waals surface area (Å²) in [6, 6.07) is 1.95. The summed E-state index contributed by atoms with van der Waals surface area (Å²) in [5.74, 6) is -0.275. The molecule has 200 valence electrons. The third-order valence-electron chi connectivity index (χ3n) is 6.58. The minimum atomic E-state index is -4.91. The Balaban J connectivity index is 0.00000137. The van der Waals surface area contributed by atoms with Crippen molar-refractivity contribution < 1.29 is 35.9 Å². The Bertz CT molecular complexity index is 795.